The summed E-state index contributed by atoms with van der Waals surface area (Å²) in [5.74, 6) is 2.05. The molecular formula is C39H36. The molecule has 0 bridgehead atoms. The standard InChI is InChI=1S/C39H36/c1-3-12-26(13-4-1)34-24-30-16-7-9-20-32(30)38-36(34)22-28-18-11-19-29(28)23-37-35(27-14-5-2-6-15-27)25-31-17-8-10-21-33(31)39(37)38/h1-7,9-10,12-16,20-21,24,28-29,35H,8,11,17-19,22-23,25H2/t28?,29-,35-/m1/s1. The monoisotopic (exact) mass is 504 g/mol. The highest BCUT2D eigenvalue weighted by atomic mass is 14.4. The Morgan fingerprint density at radius 3 is 2.28 bits per heavy atom. The van der Waals surface area contributed by atoms with E-state index in [4.69, 9.17) is 0 Å². The van der Waals surface area contributed by atoms with Crippen molar-refractivity contribution < 1.29 is 0 Å². The lowest BCUT2D eigenvalue weighted by Gasteiger charge is -2.39. The van der Waals surface area contributed by atoms with Gasteiger partial charge in [0.2, 0.25) is 0 Å². The van der Waals surface area contributed by atoms with Crippen molar-refractivity contribution in [3.05, 3.63) is 137 Å². The molecule has 1 fully saturated rings. The number of rotatable bonds is 2. The first-order valence-electron chi connectivity index (χ1n) is 15.1. The topological polar surface area (TPSA) is 0 Å². The first-order chi connectivity index (χ1) is 19.3. The summed E-state index contributed by atoms with van der Waals surface area (Å²) in [6.45, 7) is 0. The molecule has 0 heterocycles. The number of allylic oxidation sites excluding steroid dienone is 6. The summed E-state index contributed by atoms with van der Waals surface area (Å²) in [7, 11) is 0. The van der Waals surface area contributed by atoms with Crippen molar-refractivity contribution in [1.82, 2.24) is 0 Å². The largest absolute Gasteiger partial charge is 0.0836 e. The third-order valence-electron chi connectivity index (χ3n) is 10.2. The quantitative estimate of drug-likeness (QED) is 0.255. The summed E-state index contributed by atoms with van der Waals surface area (Å²) in [6.07, 6.45) is 15.1. The normalized spacial score (nSPS) is 24.1. The molecule has 0 N–H and O–H groups in total. The highest BCUT2D eigenvalue weighted by Gasteiger charge is 2.39. The van der Waals surface area contributed by atoms with Gasteiger partial charge in [-0.15, -0.1) is 0 Å². The van der Waals surface area contributed by atoms with Crippen LogP contribution in [0.5, 0.6) is 0 Å². The fourth-order valence-corrected chi connectivity index (χ4v) is 8.40. The number of hydrogen-bond donors (Lipinski definition) is 0. The predicted octanol–water partition coefficient (Wildman–Crippen LogP) is 10.5. The van der Waals surface area contributed by atoms with E-state index in [1.165, 1.54) is 78.8 Å². The van der Waals surface area contributed by atoms with Crippen molar-refractivity contribution in [2.75, 3.05) is 0 Å². The zero-order chi connectivity index (χ0) is 25.8. The third-order valence-corrected chi connectivity index (χ3v) is 10.2. The molecule has 192 valence electrons. The Hall–Kier alpha value is -3.64. The van der Waals surface area contributed by atoms with E-state index in [0.29, 0.717) is 5.92 Å². The van der Waals surface area contributed by atoms with Crippen LogP contribution in [0.15, 0.2) is 120 Å². The molecule has 0 spiro atoms. The van der Waals surface area contributed by atoms with Gasteiger partial charge in [0.1, 0.15) is 0 Å². The van der Waals surface area contributed by atoms with Gasteiger partial charge < -0.3 is 0 Å². The lowest BCUT2D eigenvalue weighted by atomic mass is 9.65. The minimum Gasteiger partial charge on any atom is -0.0836 e. The van der Waals surface area contributed by atoms with E-state index in [9.17, 15) is 0 Å². The molecule has 4 aromatic carbocycles. The van der Waals surface area contributed by atoms with Crippen LogP contribution >= 0.6 is 0 Å². The first-order valence-corrected chi connectivity index (χ1v) is 15.1. The fraction of sp³-hybridized carbons (Fsp3) is 0.282. The van der Waals surface area contributed by atoms with Crippen LogP contribution in [0.1, 0.15) is 67.6 Å². The molecule has 0 nitrogen and oxygen atoms in total. The maximum absolute atomic E-state index is 2.50. The molecule has 4 aliphatic rings. The zero-order valence-corrected chi connectivity index (χ0v) is 22.7. The molecule has 0 saturated heterocycles. The molecule has 3 atom stereocenters. The van der Waals surface area contributed by atoms with Crippen molar-refractivity contribution in [1.29, 1.82) is 0 Å². The van der Waals surface area contributed by atoms with Crippen LogP contribution in [0.25, 0.3) is 27.5 Å². The number of hydrogen-bond acceptors (Lipinski definition) is 0. The van der Waals surface area contributed by atoms with Crippen molar-refractivity contribution >= 4 is 16.3 Å². The van der Waals surface area contributed by atoms with Crippen molar-refractivity contribution in [2.45, 2.75) is 57.3 Å². The zero-order valence-electron chi connectivity index (χ0n) is 22.7. The highest BCUT2D eigenvalue weighted by molar-refractivity contribution is 6.05. The second kappa shape index (κ2) is 9.53. The van der Waals surface area contributed by atoms with Gasteiger partial charge in [-0.05, 0) is 113 Å². The SMILES string of the molecule is C1=CC2=C(CC1)C[C@H](c1ccccc1)C1=C2c2c(c(-c3ccccc3)cc3ccccc23)CC2CCC[C@@H]2C1. The number of benzene rings is 4. The maximum Gasteiger partial charge on any atom is 0.00952 e. The number of fused-ring (bicyclic) bond motifs is 6. The van der Waals surface area contributed by atoms with Gasteiger partial charge in [-0.2, -0.15) is 0 Å². The highest BCUT2D eigenvalue weighted by Crippen LogP contribution is 2.55. The van der Waals surface area contributed by atoms with Gasteiger partial charge in [0.15, 0.2) is 0 Å². The second-order valence-electron chi connectivity index (χ2n) is 12.3. The summed E-state index contributed by atoms with van der Waals surface area (Å²) < 4.78 is 0. The van der Waals surface area contributed by atoms with Crippen LogP contribution in [-0.4, -0.2) is 0 Å². The van der Waals surface area contributed by atoms with Crippen LogP contribution in [0.4, 0.5) is 0 Å². The summed E-state index contributed by atoms with van der Waals surface area (Å²) in [5.41, 5.74) is 14.0. The van der Waals surface area contributed by atoms with Crippen LogP contribution in [-0.2, 0) is 6.42 Å². The first kappa shape index (κ1) is 23.3. The maximum atomic E-state index is 2.50. The third kappa shape index (κ3) is 3.88. The average Bonchev–Trinajstić information content (AvgIpc) is 3.42. The Bertz CT molecular complexity index is 1650. The molecule has 8 rings (SSSR count). The van der Waals surface area contributed by atoms with Gasteiger partial charge in [-0.25, -0.2) is 0 Å². The lowest BCUT2D eigenvalue weighted by Crippen LogP contribution is -2.23. The van der Waals surface area contributed by atoms with Gasteiger partial charge >= 0.3 is 0 Å². The average molecular weight is 505 g/mol. The van der Waals surface area contributed by atoms with Crippen LogP contribution < -0.4 is 0 Å². The molecule has 1 unspecified atom stereocenters. The molecule has 0 amide bonds. The van der Waals surface area contributed by atoms with Crippen molar-refractivity contribution in [2.24, 2.45) is 11.8 Å². The van der Waals surface area contributed by atoms with Gasteiger partial charge in [-0.1, -0.05) is 115 Å². The molecule has 4 aromatic rings. The Balaban J connectivity index is 1.51. The van der Waals surface area contributed by atoms with Gasteiger partial charge in [-0.3, -0.25) is 0 Å². The van der Waals surface area contributed by atoms with Gasteiger partial charge in [0, 0.05) is 5.92 Å². The second-order valence-corrected chi connectivity index (χ2v) is 12.3. The Kier molecular flexibility index (Phi) is 5.68. The Labute approximate surface area is 232 Å². The van der Waals surface area contributed by atoms with E-state index < -0.39 is 0 Å². The Morgan fingerprint density at radius 1 is 0.692 bits per heavy atom. The van der Waals surface area contributed by atoms with E-state index in [0.717, 1.165) is 11.8 Å². The van der Waals surface area contributed by atoms with Crippen molar-refractivity contribution in [3.63, 3.8) is 0 Å². The van der Waals surface area contributed by atoms with E-state index in [1.807, 2.05) is 0 Å². The molecule has 0 radical (unpaired) electrons. The van der Waals surface area contributed by atoms with Crippen LogP contribution in [0, 0.1) is 11.8 Å². The van der Waals surface area contributed by atoms with E-state index in [2.05, 4.69) is 103 Å². The van der Waals surface area contributed by atoms with Crippen molar-refractivity contribution in [3.8, 4) is 11.1 Å². The summed E-state index contributed by atoms with van der Waals surface area (Å²) in [6, 6.07) is 34.4. The summed E-state index contributed by atoms with van der Waals surface area (Å²) in [4.78, 5) is 0. The van der Waals surface area contributed by atoms with Gasteiger partial charge in [0.05, 0.1) is 0 Å². The summed E-state index contributed by atoms with van der Waals surface area (Å²) >= 11 is 0. The smallest absolute Gasteiger partial charge is 0.00952 e. The predicted molar refractivity (Wildman–Crippen MR) is 165 cm³/mol. The molecule has 1 saturated carbocycles. The molecule has 4 aliphatic carbocycles. The van der Waals surface area contributed by atoms with E-state index in [1.54, 1.807) is 33.4 Å². The Morgan fingerprint density at radius 2 is 1.44 bits per heavy atom. The van der Waals surface area contributed by atoms with Crippen LogP contribution in [0.2, 0.25) is 0 Å². The summed E-state index contributed by atoms with van der Waals surface area (Å²) in [5, 5.41) is 2.81. The van der Waals surface area contributed by atoms with E-state index in [-0.39, 0.29) is 0 Å². The lowest BCUT2D eigenvalue weighted by molar-refractivity contribution is 0.373. The molecule has 39 heavy (non-hydrogen) atoms. The van der Waals surface area contributed by atoms with E-state index >= 15 is 0 Å². The van der Waals surface area contributed by atoms with Crippen LogP contribution in [0.3, 0.4) is 0 Å². The molecular weight excluding hydrogens is 468 g/mol. The molecule has 0 heteroatoms. The minimum atomic E-state index is 0.484. The van der Waals surface area contributed by atoms with Gasteiger partial charge in [0.25, 0.3) is 0 Å². The molecule has 0 aliphatic heterocycles. The minimum absolute atomic E-state index is 0.484. The fourth-order valence-electron chi connectivity index (χ4n) is 8.40. The molecule has 0 aromatic heterocycles.